The van der Waals surface area contributed by atoms with Crippen molar-refractivity contribution in [1.29, 1.82) is 0 Å². The highest BCUT2D eigenvalue weighted by Gasteiger charge is 2.40. The second-order valence-electron chi connectivity index (χ2n) is 6.28. The van der Waals surface area contributed by atoms with Crippen molar-refractivity contribution in [3.8, 4) is 0 Å². The lowest BCUT2D eigenvalue weighted by atomic mass is 10.1. The van der Waals surface area contributed by atoms with Crippen molar-refractivity contribution in [3.63, 3.8) is 0 Å². The zero-order valence-corrected chi connectivity index (χ0v) is 13.3. The number of hydrogen-bond donors (Lipinski definition) is 2. The van der Waals surface area contributed by atoms with Crippen molar-refractivity contribution >= 4 is 10.0 Å². The highest BCUT2D eigenvalue weighted by atomic mass is 32.2. The minimum Gasteiger partial charge on any atom is -0.310 e. The van der Waals surface area contributed by atoms with Gasteiger partial charge in [-0.2, -0.15) is 0 Å². The molecule has 0 atom stereocenters. The third kappa shape index (κ3) is 4.89. The zero-order valence-electron chi connectivity index (χ0n) is 12.4. The Morgan fingerprint density at radius 1 is 1.25 bits per heavy atom. The summed E-state index contributed by atoms with van der Waals surface area (Å²) in [5.41, 5.74) is 1.75. The summed E-state index contributed by atoms with van der Waals surface area (Å²) in [5, 5.41) is 3.33. The average molecular weight is 296 g/mol. The number of rotatable bonds is 7. The largest absolute Gasteiger partial charge is 0.310 e. The van der Waals surface area contributed by atoms with Crippen LogP contribution in [0.3, 0.4) is 0 Å². The highest BCUT2D eigenvalue weighted by molar-refractivity contribution is 7.88. The Labute approximate surface area is 122 Å². The van der Waals surface area contributed by atoms with Crippen molar-refractivity contribution in [2.45, 2.75) is 57.5 Å². The average Bonchev–Trinajstić information content (AvgIpc) is 3.02. The van der Waals surface area contributed by atoms with Gasteiger partial charge in [0.25, 0.3) is 0 Å². The van der Waals surface area contributed by atoms with Gasteiger partial charge in [0.05, 0.1) is 5.75 Å². The molecule has 0 heterocycles. The van der Waals surface area contributed by atoms with E-state index in [4.69, 9.17) is 0 Å². The van der Waals surface area contributed by atoms with Gasteiger partial charge in [0.15, 0.2) is 0 Å². The second-order valence-corrected chi connectivity index (χ2v) is 8.00. The maximum atomic E-state index is 12.1. The third-order valence-electron chi connectivity index (χ3n) is 3.46. The fourth-order valence-electron chi connectivity index (χ4n) is 2.07. The molecule has 1 aliphatic carbocycles. The molecule has 112 valence electrons. The predicted molar refractivity (Wildman–Crippen MR) is 81.8 cm³/mol. The van der Waals surface area contributed by atoms with Crippen LogP contribution < -0.4 is 10.0 Å². The lowest BCUT2D eigenvalue weighted by molar-refractivity contribution is 0.557. The first-order valence-electron chi connectivity index (χ1n) is 7.11. The van der Waals surface area contributed by atoms with Crippen molar-refractivity contribution < 1.29 is 8.42 Å². The summed E-state index contributed by atoms with van der Waals surface area (Å²) in [5.74, 6) is 0.0537. The summed E-state index contributed by atoms with van der Waals surface area (Å²) in [4.78, 5) is 0. The van der Waals surface area contributed by atoms with Gasteiger partial charge >= 0.3 is 0 Å². The monoisotopic (exact) mass is 296 g/mol. The predicted octanol–water partition coefficient (Wildman–Crippen LogP) is 2.16. The van der Waals surface area contributed by atoms with E-state index in [1.54, 1.807) is 0 Å². The Morgan fingerprint density at radius 2 is 1.90 bits per heavy atom. The van der Waals surface area contributed by atoms with Gasteiger partial charge in [0.2, 0.25) is 10.0 Å². The van der Waals surface area contributed by atoms with Crippen LogP contribution in [0.25, 0.3) is 0 Å². The minimum absolute atomic E-state index is 0.0537. The molecule has 0 saturated heterocycles. The second kappa shape index (κ2) is 5.84. The van der Waals surface area contributed by atoms with Crippen LogP contribution in [-0.4, -0.2) is 20.0 Å². The Morgan fingerprint density at radius 3 is 2.50 bits per heavy atom. The van der Waals surface area contributed by atoms with Crippen molar-refractivity contribution in [2.24, 2.45) is 0 Å². The van der Waals surface area contributed by atoms with Crippen molar-refractivity contribution in [3.05, 3.63) is 35.4 Å². The molecule has 1 fully saturated rings. The van der Waals surface area contributed by atoms with E-state index in [0.29, 0.717) is 6.04 Å². The quantitative estimate of drug-likeness (QED) is 0.810. The van der Waals surface area contributed by atoms with Gasteiger partial charge in [0.1, 0.15) is 0 Å². The van der Waals surface area contributed by atoms with Gasteiger partial charge in [-0.25, -0.2) is 13.1 Å². The van der Waals surface area contributed by atoms with E-state index in [1.165, 1.54) is 0 Å². The topological polar surface area (TPSA) is 58.2 Å². The van der Waals surface area contributed by atoms with Gasteiger partial charge in [-0.3, -0.25) is 0 Å². The maximum Gasteiger partial charge on any atom is 0.216 e. The molecule has 1 saturated carbocycles. The van der Waals surface area contributed by atoms with E-state index in [0.717, 1.165) is 30.5 Å². The molecule has 0 radical (unpaired) electrons. The van der Waals surface area contributed by atoms with Crippen LogP contribution >= 0.6 is 0 Å². The molecule has 4 nitrogen and oxygen atoms in total. The first-order valence-corrected chi connectivity index (χ1v) is 8.76. The molecule has 1 aromatic rings. The van der Waals surface area contributed by atoms with E-state index >= 15 is 0 Å². The lowest BCUT2D eigenvalue weighted by Crippen LogP contribution is -2.35. The van der Waals surface area contributed by atoms with E-state index in [-0.39, 0.29) is 11.3 Å². The molecular weight excluding hydrogens is 272 g/mol. The van der Waals surface area contributed by atoms with Gasteiger partial charge in [-0.05, 0) is 30.9 Å². The summed E-state index contributed by atoms with van der Waals surface area (Å²) in [6, 6.07) is 8.18. The van der Waals surface area contributed by atoms with E-state index in [1.807, 2.05) is 31.2 Å². The third-order valence-corrected chi connectivity index (χ3v) is 4.98. The van der Waals surface area contributed by atoms with Gasteiger partial charge in [0, 0.05) is 18.1 Å². The zero-order chi connectivity index (χ0) is 14.8. The molecule has 0 spiro atoms. The fourth-order valence-corrected chi connectivity index (χ4v) is 3.72. The fraction of sp³-hybridized carbons (Fsp3) is 0.600. The molecule has 0 aromatic heterocycles. The molecule has 0 amide bonds. The van der Waals surface area contributed by atoms with Crippen LogP contribution in [0.15, 0.2) is 24.3 Å². The smallest absolute Gasteiger partial charge is 0.216 e. The van der Waals surface area contributed by atoms with Gasteiger partial charge in [-0.1, -0.05) is 38.1 Å². The molecule has 20 heavy (non-hydrogen) atoms. The normalized spacial score (nSPS) is 17.4. The molecular formula is C15H24N2O2S. The van der Waals surface area contributed by atoms with Crippen molar-refractivity contribution in [2.75, 3.05) is 0 Å². The van der Waals surface area contributed by atoms with Crippen LogP contribution in [0.2, 0.25) is 0 Å². The molecule has 0 unspecified atom stereocenters. The molecule has 0 aliphatic heterocycles. The van der Waals surface area contributed by atoms with Crippen molar-refractivity contribution in [1.82, 2.24) is 10.0 Å². The minimum atomic E-state index is -3.25. The van der Waals surface area contributed by atoms with Gasteiger partial charge in [-0.15, -0.1) is 0 Å². The van der Waals surface area contributed by atoms with E-state index < -0.39 is 10.0 Å². The first kappa shape index (κ1) is 15.5. The first-order chi connectivity index (χ1) is 9.28. The SMILES string of the molecule is CC(C)NCc1cccc(CS(=O)(=O)NC2(C)CC2)c1. The maximum absolute atomic E-state index is 12.1. The summed E-state index contributed by atoms with van der Waals surface area (Å²) in [7, 11) is -3.25. The van der Waals surface area contributed by atoms with Crippen LogP contribution in [0.4, 0.5) is 0 Å². The summed E-state index contributed by atoms with van der Waals surface area (Å²) >= 11 is 0. The Kier molecular flexibility index (Phi) is 4.52. The summed E-state index contributed by atoms with van der Waals surface area (Å²) in [6.45, 7) is 6.90. The Hall–Kier alpha value is -0.910. The number of nitrogens with one attached hydrogen (secondary N) is 2. The molecule has 0 bridgehead atoms. The number of benzene rings is 1. The molecule has 2 N–H and O–H groups in total. The molecule has 2 rings (SSSR count). The molecule has 1 aliphatic rings. The standard InChI is InChI=1S/C15H24N2O2S/c1-12(2)16-10-13-5-4-6-14(9-13)11-20(18,19)17-15(3)7-8-15/h4-6,9,12,16-17H,7-8,10-11H2,1-3H3. The van der Waals surface area contributed by atoms with Crippen LogP contribution in [0.5, 0.6) is 0 Å². The summed E-state index contributed by atoms with van der Waals surface area (Å²) < 4.78 is 27.0. The number of sulfonamides is 1. The molecule has 1 aromatic carbocycles. The van der Waals surface area contributed by atoms with Crippen LogP contribution in [0, 0.1) is 0 Å². The van der Waals surface area contributed by atoms with E-state index in [9.17, 15) is 8.42 Å². The molecule has 5 heteroatoms. The summed E-state index contributed by atoms with van der Waals surface area (Å²) in [6.07, 6.45) is 1.87. The highest BCUT2D eigenvalue weighted by Crippen LogP contribution is 2.35. The number of hydrogen-bond acceptors (Lipinski definition) is 3. The van der Waals surface area contributed by atoms with E-state index in [2.05, 4.69) is 23.9 Å². The van der Waals surface area contributed by atoms with Crippen LogP contribution in [-0.2, 0) is 22.3 Å². The Bertz CT molecular complexity index is 563. The van der Waals surface area contributed by atoms with Gasteiger partial charge < -0.3 is 5.32 Å². The van der Waals surface area contributed by atoms with Crippen LogP contribution in [0.1, 0.15) is 44.7 Å². The Balaban J connectivity index is 2.00. The lowest BCUT2D eigenvalue weighted by Gasteiger charge is -2.13.